The Labute approximate surface area is 138 Å². The molecule has 122 valence electrons. The van der Waals surface area contributed by atoms with Crippen molar-refractivity contribution in [3.05, 3.63) is 60.2 Å². The van der Waals surface area contributed by atoms with Crippen LogP contribution in [0, 0.1) is 0 Å². The van der Waals surface area contributed by atoms with Crippen molar-refractivity contribution in [1.29, 1.82) is 0 Å². The average Bonchev–Trinajstić information content (AvgIpc) is 3.18. The zero-order valence-corrected chi connectivity index (χ0v) is 13.1. The third-order valence-electron chi connectivity index (χ3n) is 4.31. The molecule has 0 amide bonds. The minimum atomic E-state index is -0.884. The van der Waals surface area contributed by atoms with Gasteiger partial charge < -0.3 is 15.6 Å². The van der Waals surface area contributed by atoms with Crippen molar-refractivity contribution in [3.8, 4) is 0 Å². The molecule has 0 bridgehead atoms. The van der Waals surface area contributed by atoms with Gasteiger partial charge in [-0.1, -0.05) is 30.3 Å². The molecule has 1 aliphatic heterocycles. The van der Waals surface area contributed by atoms with Crippen LogP contribution in [0.3, 0.4) is 0 Å². The second-order valence-corrected chi connectivity index (χ2v) is 5.86. The van der Waals surface area contributed by atoms with Crippen molar-refractivity contribution in [2.24, 2.45) is 0 Å². The lowest BCUT2D eigenvalue weighted by Gasteiger charge is -2.28. The first kappa shape index (κ1) is 14.8. The summed E-state index contributed by atoms with van der Waals surface area (Å²) in [6.45, 7) is 1.80. The number of ether oxygens (including phenoxy) is 1. The Bertz CT molecular complexity index is 921. The van der Waals surface area contributed by atoms with Crippen LogP contribution < -0.4 is 5.73 Å². The normalized spacial score (nSPS) is 23.6. The summed E-state index contributed by atoms with van der Waals surface area (Å²) in [6.07, 6.45) is 4.57. The van der Waals surface area contributed by atoms with Crippen LogP contribution in [0.15, 0.2) is 54.6 Å². The summed E-state index contributed by atoms with van der Waals surface area (Å²) in [4.78, 5) is 12.5. The molecule has 0 fully saturated rings. The standard InChI is InChI=1S/C17H17N5O2/c1-11-7-17(8-23,12-5-3-2-4-6-12)24-16(11)22-10-21-13-14(18)19-9-20-15(13)22/h2-7,9-10,16,23H,8H2,1H3,(H2,18,19,20)/t16-,17+/m1/s1. The Morgan fingerprint density at radius 2 is 2.04 bits per heavy atom. The molecule has 3 heterocycles. The van der Waals surface area contributed by atoms with E-state index >= 15 is 0 Å². The monoisotopic (exact) mass is 323 g/mol. The van der Waals surface area contributed by atoms with Crippen molar-refractivity contribution in [3.63, 3.8) is 0 Å². The van der Waals surface area contributed by atoms with E-state index in [4.69, 9.17) is 10.5 Å². The van der Waals surface area contributed by atoms with E-state index in [1.807, 2.05) is 43.3 Å². The molecule has 0 saturated carbocycles. The van der Waals surface area contributed by atoms with E-state index < -0.39 is 11.8 Å². The number of aromatic nitrogens is 4. The lowest BCUT2D eigenvalue weighted by Crippen LogP contribution is -2.30. The molecule has 0 radical (unpaired) electrons. The van der Waals surface area contributed by atoms with Crippen LogP contribution in [0.25, 0.3) is 11.2 Å². The first-order chi connectivity index (χ1) is 11.6. The van der Waals surface area contributed by atoms with Gasteiger partial charge >= 0.3 is 0 Å². The van der Waals surface area contributed by atoms with Gasteiger partial charge in [0.15, 0.2) is 17.7 Å². The first-order valence-electron chi connectivity index (χ1n) is 7.61. The van der Waals surface area contributed by atoms with Crippen LogP contribution >= 0.6 is 0 Å². The molecule has 1 aliphatic rings. The Morgan fingerprint density at radius 1 is 1.25 bits per heavy atom. The van der Waals surface area contributed by atoms with Gasteiger partial charge in [0.25, 0.3) is 0 Å². The average molecular weight is 323 g/mol. The van der Waals surface area contributed by atoms with E-state index in [-0.39, 0.29) is 6.61 Å². The van der Waals surface area contributed by atoms with E-state index in [1.54, 1.807) is 10.9 Å². The maximum atomic E-state index is 10.0. The third-order valence-corrected chi connectivity index (χ3v) is 4.31. The number of nitrogens with zero attached hydrogens (tertiary/aromatic N) is 4. The van der Waals surface area contributed by atoms with Gasteiger partial charge in [-0.25, -0.2) is 15.0 Å². The Hall–Kier alpha value is -2.77. The summed E-state index contributed by atoms with van der Waals surface area (Å²) >= 11 is 0. The van der Waals surface area contributed by atoms with Crippen molar-refractivity contribution in [1.82, 2.24) is 19.5 Å². The van der Waals surface area contributed by atoms with Gasteiger partial charge in [0.2, 0.25) is 0 Å². The fourth-order valence-electron chi connectivity index (χ4n) is 3.13. The smallest absolute Gasteiger partial charge is 0.167 e. The van der Waals surface area contributed by atoms with Crippen LogP contribution in [0.4, 0.5) is 5.82 Å². The van der Waals surface area contributed by atoms with E-state index in [0.29, 0.717) is 17.0 Å². The highest BCUT2D eigenvalue weighted by Gasteiger charge is 2.41. The Balaban J connectivity index is 1.79. The second kappa shape index (κ2) is 5.40. The number of nitrogen functional groups attached to an aromatic ring is 1. The summed E-state index contributed by atoms with van der Waals surface area (Å²) in [7, 11) is 0. The lowest BCUT2D eigenvalue weighted by molar-refractivity contribution is -0.0885. The highest BCUT2D eigenvalue weighted by atomic mass is 16.5. The fraction of sp³-hybridized carbons (Fsp3) is 0.235. The number of benzene rings is 1. The summed E-state index contributed by atoms with van der Waals surface area (Å²) in [6, 6.07) is 9.66. The lowest BCUT2D eigenvalue weighted by atomic mass is 9.94. The zero-order chi connectivity index (χ0) is 16.7. The molecule has 7 heteroatoms. The summed E-state index contributed by atoms with van der Waals surface area (Å²) in [5.74, 6) is 0.329. The van der Waals surface area contributed by atoms with E-state index in [1.165, 1.54) is 6.33 Å². The van der Waals surface area contributed by atoms with Crippen LogP contribution in [0.1, 0.15) is 18.7 Å². The minimum absolute atomic E-state index is 0.158. The third kappa shape index (κ3) is 2.10. The van der Waals surface area contributed by atoms with Gasteiger partial charge in [-0.05, 0) is 24.1 Å². The molecule has 2 atom stereocenters. The molecule has 3 N–H and O–H groups in total. The summed E-state index contributed by atoms with van der Waals surface area (Å²) in [5, 5.41) is 10.0. The molecule has 0 saturated heterocycles. The zero-order valence-electron chi connectivity index (χ0n) is 13.1. The van der Waals surface area contributed by atoms with Crippen LogP contribution in [0.5, 0.6) is 0 Å². The Morgan fingerprint density at radius 3 is 2.79 bits per heavy atom. The first-order valence-corrected chi connectivity index (χ1v) is 7.61. The van der Waals surface area contributed by atoms with Gasteiger partial charge in [0, 0.05) is 0 Å². The number of hydrogen-bond acceptors (Lipinski definition) is 6. The highest BCUT2D eigenvalue weighted by Crippen LogP contribution is 2.42. The summed E-state index contributed by atoms with van der Waals surface area (Å²) < 4.78 is 8.07. The predicted molar refractivity (Wildman–Crippen MR) is 88.8 cm³/mol. The highest BCUT2D eigenvalue weighted by molar-refractivity contribution is 5.81. The SMILES string of the molecule is CC1=C[C@](CO)(c2ccccc2)O[C@H]1n1cnc2c(N)ncnc21. The van der Waals surface area contributed by atoms with E-state index in [9.17, 15) is 5.11 Å². The minimum Gasteiger partial charge on any atom is -0.393 e. The molecular weight excluding hydrogens is 306 g/mol. The van der Waals surface area contributed by atoms with Gasteiger partial charge in [-0.2, -0.15) is 0 Å². The number of rotatable bonds is 3. The van der Waals surface area contributed by atoms with Gasteiger partial charge in [-0.15, -0.1) is 0 Å². The second-order valence-electron chi connectivity index (χ2n) is 5.86. The molecule has 0 unspecified atom stereocenters. The van der Waals surface area contributed by atoms with Crippen LogP contribution in [-0.2, 0) is 10.3 Å². The molecule has 0 aliphatic carbocycles. The number of anilines is 1. The maximum Gasteiger partial charge on any atom is 0.167 e. The molecule has 7 nitrogen and oxygen atoms in total. The number of aliphatic hydroxyl groups is 1. The molecule has 1 aromatic carbocycles. The number of fused-ring (bicyclic) bond motifs is 1. The maximum absolute atomic E-state index is 10.0. The van der Waals surface area contributed by atoms with Gasteiger partial charge in [0.1, 0.15) is 17.4 Å². The molecule has 0 spiro atoms. The number of imidazole rings is 1. The molecule has 3 aromatic rings. The van der Waals surface area contributed by atoms with Crippen molar-refractivity contribution in [2.45, 2.75) is 18.8 Å². The van der Waals surface area contributed by atoms with Gasteiger partial charge in [-0.3, -0.25) is 4.57 Å². The molecule has 4 rings (SSSR count). The van der Waals surface area contributed by atoms with Gasteiger partial charge in [0.05, 0.1) is 12.9 Å². The van der Waals surface area contributed by atoms with Crippen molar-refractivity contribution >= 4 is 17.0 Å². The fourth-order valence-corrected chi connectivity index (χ4v) is 3.13. The largest absolute Gasteiger partial charge is 0.393 e. The molecule has 24 heavy (non-hydrogen) atoms. The molecule has 2 aromatic heterocycles. The Kier molecular flexibility index (Phi) is 3.33. The predicted octanol–water partition coefficient (Wildman–Crippen LogP) is 1.77. The van der Waals surface area contributed by atoms with Crippen LogP contribution in [0.2, 0.25) is 0 Å². The molecular formula is C17H17N5O2. The van der Waals surface area contributed by atoms with Crippen LogP contribution in [-0.4, -0.2) is 31.2 Å². The topological polar surface area (TPSA) is 99.1 Å². The quantitative estimate of drug-likeness (QED) is 0.713. The van der Waals surface area contributed by atoms with Crippen molar-refractivity contribution in [2.75, 3.05) is 12.3 Å². The van der Waals surface area contributed by atoms with E-state index in [0.717, 1.165) is 11.1 Å². The number of nitrogens with two attached hydrogens (primary N) is 1. The summed E-state index contributed by atoms with van der Waals surface area (Å²) in [5.41, 5.74) is 7.96. The number of hydrogen-bond donors (Lipinski definition) is 2. The van der Waals surface area contributed by atoms with E-state index in [2.05, 4.69) is 15.0 Å². The van der Waals surface area contributed by atoms with Crippen molar-refractivity contribution < 1.29 is 9.84 Å². The number of aliphatic hydroxyl groups excluding tert-OH is 1.